The van der Waals surface area contributed by atoms with Gasteiger partial charge in [-0.15, -0.1) is 0 Å². The van der Waals surface area contributed by atoms with Gasteiger partial charge >= 0.3 is 5.97 Å². The minimum absolute atomic E-state index is 0.0539. The fourth-order valence-corrected chi connectivity index (χ4v) is 7.04. The van der Waals surface area contributed by atoms with Crippen LogP contribution < -0.4 is 15.4 Å². The molecule has 0 spiro atoms. The Morgan fingerprint density at radius 1 is 0.632 bits per heavy atom. The van der Waals surface area contributed by atoms with Crippen LogP contribution in [0.25, 0.3) is 11.1 Å². The lowest BCUT2D eigenvalue weighted by Gasteiger charge is -2.26. The number of aryl methyl sites for hydroxylation is 1. The lowest BCUT2D eigenvalue weighted by atomic mass is 9.90. The zero-order valence-corrected chi connectivity index (χ0v) is 31.4. The van der Waals surface area contributed by atoms with Gasteiger partial charge in [-0.05, 0) is 83.3 Å². The largest absolute Gasteiger partial charge is 0.486 e. The first-order chi connectivity index (χ1) is 27.6. The summed E-state index contributed by atoms with van der Waals surface area (Å²) in [7, 11) is 0. The van der Waals surface area contributed by atoms with Crippen LogP contribution in [0.4, 0.5) is 4.39 Å². The first-order valence-corrected chi connectivity index (χ1v) is 19.1. The topological polar surface area (TPSA) is 139 Å². The van der Waals surface area contributed by atoms with Crippen molar-refractivity contribution in [2.75, 3.05) is 6.61 Å². The fourth-order valence-electron chi connectivity index (χ4n) is 7.04. The predicted octanol–water partition coefficient (Wildman–Crippen LogP) is 6.75. The number of carboxylic acid groups (broad SMARTS) is 1. The summed E-state index contributed by atoms with van der Waals surface area (Å²) in [6.45, 7) is -0.334. The first kappa shape index (κ1) is 40.2. The molecule has 292 valence electrons. The minimum atomic E-state index is -1.18. The molecule has 0 saturated carbocycles. The molecule has 2 bridgehead atoms. The van der Waals surface area contributed by atoms with Crippen LogP contribution in [0.3, 0.4) is 0 Å². The summed E-state index contributed by atoms with van der Waals surface area (Å²) in [4.78, 5) is 68.5. The van der Waals surface area contributed by atoms with Crippen LogP contribution >= 0.6 is 0 Å². The molecule has 0 unspecified atom stereocenters. The Hall–Kier alpha value is -6.42. The number of nitrogens with one attached hydrogen (secondary N) is 2. The summed E-state index contributed by atoms with van der Waals surface area (Å²) < 4.78 is 19.6. The maximum atomic E-state index is 14.4. The van der Waals surface area contributed by atoms with Crippen molar-refractivity contribution >= 4 is 29.4 Å². The first-order valence-electron chi connectivity index (χ1n) is 19.1. The molecule has 0 fully saturated rings. The van der Waals surface area contributed by atoms with E-state index in [0.29, 0.717) is 23.3 Å². The van der Waals surface area contributed by atoms with Crippen LogP contribution in [-0.4, -0.2) is 53.1 Å². The predicted molar refractivity (Wildman–Crippen MR) is 214 cm³/mol. The Balaban J connectivity index is 1.34. The van der Waals surface area contributed by atoms with E-state index in [2.05, 4.69) is 10.6 Å². The molecule has 2 amide bonds. The maximum Gasteiger partial charge on any atom is 0.307 e. The number of hydrogen-bond donors (Lipinski definition) is 3. The number of amides is 2. The third kappa shape index (κ3) is 11.8. The number of benzene rings is 5. The molecule has 3 N–H and O–H groups in total. The molecule has 2 aliphatic heterocycles. The summed E-state index contributed by atoms with van der Waals surface area (Å²) >= 11 is 0. The van der Waals surface area contributed by atoms with Gasteiger partial charge in [0.1, 0.15) is 24.2 Å². The van der Waals surface area contributed by atoms with Gasteiger partial charge in [0.25, 0.3) is 0 Å². The molecule has 2 aliphatic rings. The van der Waals surface area contributed by atoms with Crippen LogP contribution in [0.2, 0.25) is 0 Å². The van der Waals surface area contributed by atoms with Crippen molar-refractivity contribution in [2.45, 2.75) is 57.0 Å². The van der Waals surface area contributed by atoms with Gasteiger partial charge in [0, 0.05) is 25.2 Å². The number of halogens is 1. The van der Waals surface area contributed by atoms with Crippen LogP contribution in [0, 0.1) is 17.7 Å². The van der Waals surface area contributed by atoms with Gasteiger partial charge in [0.05, 0.1) is 12.0 Å². The van der Waals surface area contributed by atoms with Gasteiger partial charge in [-0.2, -0.15) is 0 Å². The zero-order valence-electron chi connectivity index (χ0n) is 31.4. The number of carboxylic acids is 1. The Morgan fingerprint density at radius 3 is 1.89 bits per heavy atom. The van der Waals surface area contributed by atoms with Crippen molar-refractivity contribution in [1.82, 2.24) is 10.6 Å². The number of Topliss-reactive ketones (excluding diaryl/α,β-unsaturated/α-hetero) is 2. The van der Waals surface area contributed by atoms with E-state index in [9.17, 15) is 33.5 Å². The molecule has 4 atom stereocenters. The molecule has 7 rings (SSSR count). The highest BCUT2D eigenvalue weighted by atomic mass is 19.1. The summed E-state index contributed by atoms with van der Waals surface area (Å²) in [5.41, 5.74) is 4.92. The number of rotatable bonds is 9. The molecule has 57 heavy (non-hydrogen) atoms. The highest BCUT2D eigenvalue weighted by Gasteiger charge is 2.32. The average molecular weight is 769 g/mol. The van der Waals surface area contributed by atoms with Crippen molar-refractivity contribution < 1.29 is 38.2 Å². The lowest BCUT2D eigenvalue weighted by molar-refractivity contribution is -0.144. The molecule has 0 aromatic heterocycles. The highest BCUT2D eigenvalue weighted by Crippen LogP contribution is 2.23. The summed E-state index contributed by atoms with van der Waals surface area (Å²) in [5, 5.41) is 16.0. The van der Waals surface area contributed by atoms with Crippen LogP contribution in [-0.2, 0) is 49.7 Å². The Morgan fingerprint density at radius 2 is 1.23 bits per heavy atom. The van der Waals surface area contributed by atoms with Gasteiger partial charge < -0.3 is 20.5 Å². The Labute approximate surface area is 331 Å². The van der Waals surface area contributed by atoms with Crippen molar-refractivity contribution in [2.24, 2.45) is 11.8 Å². The number of carbonyl (C=O) groups is 5. The second-order valence-electron chi connectivity index (χ2n) is 14.5. The van der Waals surface area contributed by atoms with Crippen LogP contribution in [0.15, 0.2) is 133 Å². The monoisotopic (exact) mass is 768 g/mol. The third-order valence-electron chi connectivity index (χ3n) is 10.2. The summed E-state index contributed by atoms with van der Waals surface area (Å²) in [6, 6.07) is 36.9. The summed E-state index contributed by atoms with van der Waals surface area (Å²) in [5.74, 6) is -5.25. The van der Waals surface area contributed by atoms with E-state index in [4.69, 9.17) is 4.74 Å². The van der Waals surface area contributed by atoms with Crippen molar-refractivity contribution in [1.29, 1.82) is 0 Å². The second-order valence-corrected chi connectivity index (χ2v) is 14.5. The van der Waals surface area contributed by atoms with Crippen LogP contribution in [0.5, 0.6) is 5.75 Å². The molecule has 0 aliphatic carbocycles. The minimum Gasteiger partial charge on any atom is -0.486 e. The number of carbonyl (C=O) groups excluding carboxylic acids is 4. The normalized spacial score (nSPS) is 19.7. The van der Waals surface area contributed by atoms with E-state index < -0.39 is 53.3 Å². The van der Waals surface area contributed by atoms with E-state index in [1.807, 2.05) is 84.9 Å². The van der Waals surface area contributed by atoms with Gasteiger partial charge in [0.15, 0.2) is 11.6 Å². The molecule has 9 nitrogen and oxygen atoms in total. The number of fused-ring (bicyclic) bond motifs is 16. The Bertz CT molecular complexity index is 2140. The van der Waals surface area contributed by atoms with Gasteiger partial charge in [0.2, 0.25) is 11.8 Å². The molecule has 0 radical (unpaired) electrons. The molecular formula is C47H45FN2O7. The fraction of sp³-hybridized carbons (Fsp3) is 0.255. The van der Waals surface area contributed by atoms with Crippen molar-refractivity contribution in [3.05, 3.63) is 162 Å². The van der Waals surface area contributed by atoms with Gasteiger partial charge in [-0.25, -0.2) is 4.39 Å². The van der Waals surface area contributed by atoms with Crippen molar-refractivity contribution in [3.8, 4) is 16.9 Å². The Kier molecular flexibility index (Phi) is 13.7. The molecule has 5 aromatic carbocycles. The molecule has 0 saturated heterocycles. The number of ketones is 2. The highest BCUT2D eigenvalue weighted by molar-refractivity contribution is 5.95. The molecule has 10 heteroatoms. The van der Waals surface area contributed by atoms with Gasteiger partial charge in [-0.1, -0.05) is 109 Å². The zero-order chi connectivity index (χ0) is 40.1. The van der Waals surface area contributed by atoms with Gasteiger partial charge in [-0.3, -0.25) is 24.0 Å². The van der Waals surface area contributed by atoms with E-state index in [0.717, 1.165) is 22.3 Å². The maximum absolute atomic E-state index is 14.4. The van der Waals surface area contributed by atoms with Crippen LogP contribution in [0.1, 0.15) is 41.5 Å². The standard InChI is InChI=1S/C47H45FN2O7/c48-39-20-13-32(14-21-39)25-37-28-40(51)30-57-41-22-15-33(16-23-41)26-38(47(55)56)29-44(52)42(24-17-31-7-3-1-4-8-31)49-46(54)43(50-45(37)53)27-34-11-18-36(19-12-34)35-9-5-2-6-10-35/h1-16,18-23,37-38,42-43H,17,24-30H2,(H,49,54)(H,50,53)(H,55,56)/t37-,38-,42+,43-/m1/s1. The number of aliphatic carboxylic acids is 1. The van der Waals surface area contributed by atoms with E-state index in [1.54, 1.807) is 36.4 Å². The average Bonchev–Trinajstić information content (AvgIpc) is 3.22. The smallest absolute Gasteiger partial charge is 0.307 e. The molecule has 2 heterocycles. The molecule has 5 aromatic rings. The summed E-state index contributed by atoms with van der Waals surface area (Å²) in [6.07, 6.45) is 0.263. The number of hydrogen-bond acceptors (Lipinski definition) is 6. The van der Waals surface area contributed by atoms with E-state index >= 15 is 0 Å². The second kappa shape index (κ2) is 19.4. The third-order valence-corrected chi connectivity index (χ3v) is 10.2. The molecular weight excluding hydrogens is 724 g/mol. The van der Waals surface area contributed by atoms with E-state index in [1.165, 1.54) is 12.1 Å². The number of ether oxygens (including phenoxy) is 1. The lowest BCUT2D eigenvalue weighted by Crippen LogP contribution is -2.54. The SMILES string of the molecule is O=C1COc2ccc(cc2)C[C@@H](C(=O)O)CC(=O)[C@H](CCc2ccccc2)NC(=O)[C@@H](Cc2ccc(-c3ccccc3)cc2)NC(=O)[C@H](Cc2ccc(F)cc2)C1. The van der Waals surface area contributed by atoms with Crippen molar-refractivity contribution in [3.63, 3.8) is 0 Å². The van der Waals surface area contributed by atoms with E-state index in [-0.39, 0.29) is 50.9 Å². The quantitative estimate of drug-likeness (QED) is 0.151.